The van der Waals surface area contributed by atoms with Gasteiger partial charge in [-0.15, -0.1) is 0 Å². The predicted molar refractivity (Wildman–Crippen MR) is 179 cm³/mol. The van der Waals surface area contributed by atoms with Crippen LogP contribution in [-0.2, 0) is 30.0 Å². The van der Waals surface area contributed by atoms with Crippen molar-refractivity contribution >= 4 is 45.5 Å². The zero-order chi connectivity index (χ0) is 34.2. The number of carbonyl (C=O) groups excluding carboxylic acids is 2. The summed E-state index contributed by atoms with van der Waals surface area (Å²) in [7, 11) is 0. The summed E-state index contributed by atoms with van der Waals surface area (Å²) in [6, 6.07) is 15.0. The van der Waals surface area contributed by atoms with Crippen molar-refractivity contribution in [1.29, 1.82) is 0 Å². The van der Waals surface area contributed by atoms with E-state index in [4.69, 9.17) is 24.5 Å². The molecule has 2 N–H and O–H groups in total. The van der Waals surface area contributed by atoms with Gasteiger partial charge in [-0.25, -0.2) is 9.59 Å². The lowest BCUT2D eigenvalue weighted by Crippen LogP contribution is -2.44. The van der Waals surface area contributed by atoms with Crippen LogP contribution in [0.25, 0.3) is 10.4 Å². The Morgan fingerprint density at radius 2 is 1.30 bits per heavy atom. The summed E-state index contributed by atoms with van der Waals surface area (Å²) in [5, 5.41) is 8.89. The van der Waals surface area contributed by atoms with Gasteiger partial charge >= 0.3 is 12.2 Å². The minimum absolute atomic E-state index is 0.199. The molecule has 2 unspecified atom stereocenters. The van der Waals surface area contributed by atoms with E-state index in [2.05, 4.69) is 46.6 Å². The van der Waals surface area contributed by atoms with E-state index >= 15 is 0 Å². The number of aliphatic imine (C=N–C) groups is 2. The summed E-state index contributed by atoms with van der Waals surface area (Å²) in [5.74, 6) is 0.871. The molecule has 2 aliphatic heterocycles. The fraction of sp³-hybridized carbons (Fsp3) is 0.500. The van der Waals surface area contributed by atoms with Gasteiger partial charge in [-0.3, -0.25) is 20.6 Å². The molecule has 2 amide bonds. The predicted octanol–water partition coefficient (Wildman–Crippen LogP) is 7.41. The maximum atomic E-state index is 11.9. The summed E-state index contributed by atoms with van der Waals surface area (Å²) in [4.78, 5) is 35.8. The molecular weight excluding hydrogens is 658 g/mol. The normalized spacial score (nSPS) is 21.2. The molecule has 4 rings (SSSR count). The second-order valence-electron chi connectivity index (χ2n) is 13.2. The van der Waals surface area contributed by atoms with Crippen LogP contribution in [0.4, 0.5) is 15.3 Å². The van der Waals surface area contributed by atoms with E-state index in [-0.39, 0.29) is 13.2 Å². The Labute approximate surface area is 277 Å². The topological polar surface area (TPSA) is 169 Å². The van der Waals surface area contributed by atoms with Crippen molar-refractivity contribution in [3.8, 4) is 0 Å². The number of ether oxygens (including phenoxy) is 4. The zero-order valence-corrected chi connectivity index (χ0v) is 29.1. The number of amidine groups is 2. The largest absolute Gasteiger partial charge is 0.444 e. The molecule has 248 valence electrons. The quantitative estimate of drug-likeness (QED) is 0.192. The lowest BCUT2D eigenvalue weighted by Gasteiger charge is -2.31. The second kappa shape index (κ2) is 15.1. The summed E-state index contributed by atoms with van der Waals surface area (Å²) < 4.78 is 22.6. The summed E-state index contributed by atoms with van der Waals surface area (Å²) in [6.45, 7) is 16.0. The molecular formula is C32H42BrN7O6. The first-order chi connectivity index (χ1) is 21.4. The molecule has 2 aromatic rings. The molecule has 0 aliphatic carbocycles. The number of amides is 2. The average Bonchev–Trinajstić information content (AvgIpc) is 2.92. The van der Waals surface area contributed by atoms with Gasteiger partial charge in [-0.1, -0.05) is 51.4 Å². The van der Waals surface area contributed by atoms with Gasteiger partial charge in [0, 0.05) is 15.1 Å². The van der Waals surface area contributed by atoms with Crippen LogP contribution in [0.5, 0.6) is 0 Å². The smallest absolute Gasteiger partial charge is 0.413 e. The van der Waals surface area contributed by atoms with Crippen LogP contribution < -0.4 is 10.6 Å². The highest BCUT2D eigenvalue weighted by Gasteiger charge is 2.33. The molecule has 0 radical (unpaired) electrons. The lowest BCUT2D eigenvalue weighted by atomic mass is 9.92. The Morgan fingerprint density at radius 1 is 0.848 bits per heavy atom. The van der Waals surface area contributed by atoms with E-state index in [1.54, 1.807) is 39.0 Å². The minimum atomic E-state index is -0.691. The molecule has 2 aromatic carbocycles. The fourth-order valence-corrected chi connectivity index (χ4v) is 4.86. The van der Waals surface area contributed by atoms with Crippen LogP contribution in [-0.4, -0.2) is 61.5 Å². The van der Waals surface area contributed by atoms with E-state index in [9.17, 15) is 9.59 Å². The lowest BCUT2D eigenvalue weighted by molar-refractivity contribution is 0.0532. The van der Waals surface area contributed by atoms with Gasteiger partial charge in [0.1, 0.15) is 47.2 Å². The van der Waals surface area contributed by atoms with Crippen molar-refractivity contribution in [2.75, 3.05) is 26.4 Å². The minimum Gasteiger partial charge on any atom is -0.444 e. The maximum Gasteiger partial charge on any atom is 0.413 e. The first-order valence-corrected chi connectivity index (χ1v) is 15.4. The Hall–Kier alpha value is -3.97. The van der Waals surface area contributed by atoms with Gasteiger partial charge in [0.25, 0.3) is 0 Å². The summed E-state index contributed by atoms with van der Waals surface area (Å²) in [5.41, 5.74) is 8.55. The summed E-state index contributed by atoms with van der Waals surface area (Å²) in [6.07, 6.45) is -1.09. The van der Waals surface area contributed by atoms with E-state index in [1.807, 2.05) is 65.0 Å². The Kier molecular flexibility index (Phi) is 12.0. The number of alkyl carbamates (subject to hydrolysis) is 2. The standard InChI is InChI=1S/C16H21BrN2O3.C16H21N5O3/c1-15(2,3)22-14(20)18-13-9-21-10-16(4,19-13)11-6-5-7-12(17)8-11;1-15(2,3)24-14(22)18-13-9-23-10-16(4,19-13)11-6-5-7-12(8-11)20-21-17/h5-8H,9-10H2,1-4H3,(H,18,19,20);5-8H,9-10H2,1-4H3,(H,18,19,22). The highest BCUT2D eigenvalue weighted by atomic mass is 79.9. The van der Waals surface area contributed by atoms with E-state index in [0.29, 0.717) is 30.6 Å². The van der Waals surface area contributed by atoms with E-state index < -0.39 is 34.5 Å². The van der Waals surface area contributed by atoms with Crippen molar-refractivity contribution in [3.63, 3.8) is 0 Å². The number of halogens is 1. The molecule has 0 saturated carbocycles. The fourth-order valence-electron chi connectivity index (χ4n) is 4.46. The maximum absolute atomic E-state index is 11.9. The number of carbonyl (C=O) groups is 2. The van der Waals surface area contributed by atoms with E-state index in [1.165, 1.54) is 0 Å². The van der Waals surface area contributed by atoms with Crippen LogP contribution in [0, 0.1) is 0 Å². The van der Waals surface area contributed by atoms with Gasteiger partial charge in [0.2, 0.25) is 0 Å². The van der Waals surface area contributed by atoms with Crippen molar-refractivity contribution in [2.24, 2.45) is 15.1 Å². The number of nitrogens with zero attached hydrogens (tertiary/aromatic N) is 5. The van der Waals surface area contributed by atoms with Gasteiger partial charge in [-0.2, -0.15) is 0 Å². The summed E-state index contributed by atoms with van der Waals surface area (Å²) >= 11 is 3.46. The first kappa shape index (κ1) is 36.5. The molecule has 0 fully saturated rings. The molecule has 46 heavy (non-hydrogen) atoms. The molecule has 2 atom stereocenters. The van der Waals surface area contributed by atoms with Gasteiger partial charge in [0.15, 0.2) is 0 Å². The van der Waals surface area contributed by atoms with Crippen molar-refractivity contribution in [3.05, 3.63) is 74.6 Å². The number of hydrogen-bond donors (Lipinski definition) is 2. The van der Waals surface area contributed by atoms with Gasteiger partial charge in [0.05, 0.1) is 13.2 Å². The number of benzene rings is 2. The third-order valence-electron chi connectivity index (χ3n) is 6.37. The Balaban J connectivity index is 0.000000251. The van der Waals surface area contributed by atoms with Crippen LogP contribution in [0.2, 0.25) is 0 Å². The molecule has 13 nitrogen and oxygen atoms in total. The zero-order valence-electron chi connectivity index (χ0n) is 27.5. The molecule has 0 spiro atoms. The second-order valence-corrected chi connectivity index (χ2v) is 14.1. The first-order valence-electron chi connectivity index (χ1n) is 14.6. The van der Waals surface area contributed by atoms with Crippen LogP contribution in [0.3, 0.4) is 0 Å². The Morgan fingerprint density at radius 3 is 1.74 bits per heavy atom. The number of nitrogens with one attached hydrogen (secondary N) is 2. The third-order valence-corrected chi connectivity index (χ3v) is 6.87. The number of rotatable bonds is 3. The van der Waals surface area contributed by atoms with E-state index in [0.717, 1.165) is 15.6 Å². The molecule has 0 saturated heterocycles. The average molecular weight is 701 g/mol. The monoisotopic (exact) mass is 699 g/mol. The van der Waals surface area contributed by atoms with Gasteiger partial charge < -0.3 is 18.9 Å². The number of hydrogen-bond acceptors (Lipinski definition) is 9. The highest BCUT2D eigenvalue weighted by Crippen LogP contribution is 2.32. The third kappa shape index (κ3) is 11.4. The molecule has 2 heterocycles. The van der Waals surface area contributed by atoms with Crippen LogP contribution in [0.15, 0.2) is 68.1 Å². The van der Waals surface area contributed by atoms with Crippen LogP contribution in [0.1, 0.15) is 66.5 Å². The molecule has 2 aliphatic rings. The van der Waals surface area contributed by atoms with Crippen LogP contribution >= 0.6 is 15.9 Å². The molecule has 14 heteroatoms. The molecule has 0 aromatic heterocycles. The Bertz CT molecular complexity index is 1530. The highest BCUT2D eigenvalue weighted by molar-refractivity contribution is 9.10. The van der Waals surface area contributed by atoms with Crippen molar-refractivity contribution < 1.29 is 28.5 Å². The van der Waals surface area contributed by atoms with Gasteiger partial charge in [-0.05, 0) is 90.2 Å². The van der Waals surface area contributed by atoms with Crippen molar-refractivity contribution in [1.82, 2.24) is 10.6 Å². The van der Waals surface area contributed by atoms with Crippen molar-refractivity contribution in [2.45, 2.75) is 77.7 Å². The number of azide groups is 1. The SMILES string of the molecule is CC(C)(C)OC(=O)NC1=NC(C)(c2cccc(Br)c2)COC1.CC(C)(C)OC(=O)NC1=NC(C)(c2cccc(N=[N+]=[N-])c2)COC1. The molecule has 0 bridgehead atoms.